The number of carbonyl (C=O) groups excluding carboxylic acids is 2. The first-order valence-corrected chi connectivity index (χ1v) is 11.0. The van der Waals surface area contributed by atoms with Crippen molar-refractivity contribution < 1.29 is 9.59 Å². The number of anilines is 2. The maximum absolute atomic E-state index is 13.7. The van der Waals surface area contributed by atoms with Gasteiger partial charge >= 0.3 is 0 Å². The molecule has 0 radical (unpaired) electrons. The number of hydrogen-bond donors (Lipinski definition) is 1. The fraction of sp³-hybridized carbons (Fsp3) is 0.440. The summed E-state index contributed by atoms with van der Waals surface area (Å²) in [7, 11) is 1.83. The second-order valence-electron chi connectivity index (χ2n) is 9.19. The third kappa shape index (κ3) is 2.58. The molecular weight excluding hydrogens is 374 g/mol. The highest BCUT2D eigenvalue weighted by Gasteiger charge is 2.66. The van der Waals surface area contributed by atoms with Crippen molar-refractivity contribution in [1.82, 2.24) is 4.90 Å². The first-order chi connectivity index (χ1) is 14.4. The highest BCUT2D eigenvalue weighted by Crippen LogP contribution is 2.56. The predicted octanol–water partition coefficient (Wildman–Crippen LogP) is 4.10. The van der Waals surface area contributed by atoms with Crippen LogP contribution < -0.4 is 10.2 Å². The van der Waals surface area contributed by atoms with Gasteiger partial charge in [0.05, 0.1) is 5.92 Å². The van der Waals surface area contributed by atoms with Crippen molar-refractivity contribution in [3.05, 3.63) is 59.7 Å². The van der Waals surface area contributed by atoms with Crippen LogP contribution in [0.4, 0.5) is 11.4 Å². The maximum atomic E-state index is 13.7. The molecule has 156 valence electrons. The number of nitrogens with zero attached hydrogens (tertiary/aromatic N) is 2. The van der Waals surface area contributed by atoms with Gasteiger partial charge in [-0.15, -0.1) is 0 Å². The van der Waals surface area contributed by atoms with Crippen molar-refractivity contribution in [2.45, 2.75) is 50.6 Å². The topological polar surface area (TPSA) is 52.7 Å². The fourth-order valence-corrected chi connectivity index (χ4v) is 5.85. The first-order valence-electron chi connectivity index (χ1n) is 11.0. The van der Waals surface area contributed by atoms with Gasteiger partial charge in [-0.3, -0.25) is 14.5 Å². The van der Waals surface area contributed by atoms with Crippen molar-refractivity contribution >= 4 is 23.2 Å². The van der Waals surface area contributed by atoms with E-state index in [1.807, 2.05) is 43.4 Å². The molecule has 3 unspecified atom stereocenters. The van der Waals surface area contributed by atoms with E-state index in [0.29, 0.717) is 5.92 Å². The zero-order valence-electron chi connectivity index (χ0n) is 17.9. The minimum Gasteiger partial charge on any atom is -0.326 e. The van der Waals surface area contributed by atoms with E-state index in [9.17, 15) is 9.59 Å². The molecule has 2 amide bonds. The quantitative estimate of drug-likeness (QED) is 0.839. The molecule has 2 aromatic rings. The molecule has 0 aromatic heterocycles. The van der Waals surface area contributed by atoms with Crippen molar-refractivity contribution in [3.63, 3.8) is 0 Å². The van der Waals surface area contributed by atoms with Crippen molar-refractivity contribution in [2.75, 3.05) is 23.8 Å². The van der Waals surface area contributed by atoms with Crippen LogP contribution in [-0.4, -0.2) is 36.3 Å². The molecule has 3 aliphatic rings. The molecule has 30 heavy (non-hydrogen) atoms. The first kappa shape index (κ1) is 19.3. The normalized spacial score (nSPS) is 27.7. The number of para-hydroxylation sites is 1. The summed E-state index contributed by atoms with van der Waals surface area (Å²) in [6.45, 7) is 5.18. The molecular formula is C25H29N3O2. The van der Waals surface area contributed by atoms with Crippen LogP contribution in [0.1, 0.15) is 50.2 Å². The SMILES string of the molecule is CC(C)c1ccc(NC(=O)C2CC3CCCN3C23C(=O)N(C)c2ccccc23)cc1. The third-order valence-corrected chi connectivity index (χ3v) is 7.31. The van der Waals surface area contributed by atoms with Gasteiger partial charge < -0.3 is 10.2 Å². The Balaban J connectivity index is 1.53. The molecule has 3 aliphatic heterocycles. The van der Waals surface area contributed by atoms with E-state index in [1.54, 1.807) is 4.90 Å². The molecule has 0 aliphatic carbocycles. The summed E-state index contributed by atoms with van der Waals surface area (Å²) in [5.41, 5.74) is 3.06. The van der Waals surface area contributed by atoms with Crippen LogP contribution in [0.25, 0.3) is 0 Å². The van der Waals surface area contributed by atoms with Crippen LogP contribution in [0.3, 0.4) is 0 Å². The Morgan fingerprint density at radius 3 is 2.60 bits per heavy atom. The summed E-state index contributed by atoms with van der Waals surface area (Å²) in [6, 6.07) is 16.3. The van der Waals surface area contributed by atoms with E-state index in [2.05, 4.69) is 36.2 Å². The molecule has 2 aromatic carbocycles. The summed E-state index contributed by atoms with van der Waals surface area (Å²) in [5.74, 6) is 0.0258. The van der Waals surface area contributed by atoms with Crippen molar-refractivity contribution in [2.24, 2.45) is 5.92 Å². The van der Waals surface area contributed by atoms with Gasteiger partial charge in [0, 0.05) is 30.0 Å². The molecule has 0 bridgehead atoms. The Morgan fingerprint density at radius 2 is 1.87 bits per heavy atom. The van der Waals surface area contributed by atoms with E-state index in [4.69, 9.17) is 0 Å². The van der Waals surface area contributed by atoms with Crippen molar-refractivity contribution in [1.29, 1.82) is 0 Å². The van der Waals surface area contributed by atoms with Crippen molar-refractivity contribution in [3.8, 4) is 0 Å². The summed E-state index contributed by atoms with van der Waals surface area (Å²) in [6.07, 6.45) is 2.86. The second-order valence-corrected chi connectivity index (χ2v) is 9.19. The van der Waals surface area contributed by atoms with Crippen LogP contribution in [0.15, 0.2) is 48.5 Å². The lowest BCUT2D eigenvalue weighted by Gasteiger charge is -2.37. The van der Waals surface area contributed by atoms with Gasteiger partial charge in [-0.25, -0.2) is 0 Å². The van der Waals surface area contributed by atoms with Gasteiger partial charge in [0.1, 0.15) is 5.54 Å². The van der Waals surface area contributed by atoms with E-state index in [0.717, 1.165) is 42.7 Å². The molecule has 2 saturated heterocycles. The van der Waals surface area contributed by atoms with E-state index >= 15 is 0 Å². The van der Waals surface area contributed by atoms with Gasteiger partial charge in [0.25, 0.3) is 5.91 Å². The highest BCUT2D eigenvalue weighted by atomic mass is 16.2. The van der Waals surface area contributed by atoms with Gasteiger partial charge in [-0.1, -0.05) is 44.2 Å². The number of likely N-dealkylation sites (N-methyl/N-ethyl adjacent to an activating group) is 1. The Morgan fingerprint density at radius 1 is 1.13 bits per heavy atom. The predicted molar refractivity (Wildman–Crippen MR) is 119 cm³/mol. The van der Waals surface area contributed by atoms with E-state index in [-0.39, 0.29) is 17.9 Å². The second kappa shape index (κ2) is 6.95. The van der Waals surface area contributed by atoms with Crippen LogP contribution in [-0.2, 0) is 15.1 Å². The highest BCUT2D eigenvalue weighted by molar-refractivity contribution is 6.11. The Hall–Kier alpha value is -2.66. The minimum atomic E-state index is -0.880. The number of nitrogens with one attached hydrogen (secondary N) is 1. The largest absolute Gasteiger partial charge is 0.326 e. The number of fused-ring (bicyclic) bond motifs is 4. The molecule has 5 heteroatoms. The lowest BCUT2D eigenvalue weighted by atomic mass is 9.78. The van der Waals surface area contributed by atoms with Gasteiger partial charge in [-0.05, 0) is 55.5 Å². The zero-order valence-corrected chi connectivity index (χ0v) is 17.9. The maximum Gasteiger partial charge on any atom is 0.252 e. The summed E-state index contributed by atoms with van der Waals surface area (Å²) in [4.78, 5) is 31.4. The summed E-state index contributed by atoms with van der Waals surface area (Å²) in [5, 5.41) is 3.12. The Labute approximate surface area is 178 Å². The molecule has 1 spiro atoms. The number of hydrogen-bond acceptors (Lipinski definition) is 3. The van der Waals surface area contributed by atoms with Crippen LogP contribution in [0, 0.1) is 5.92 Å². The van der Waals surface area contributed by atoms with Gasteiger partial charge in [0.15, 0.2) is 0 Å². The number of amides is 2. The third-order valence-electron chi connectivity index (χ3n) is 7.31. The van der Waals surface area contributed by atoms with Crippen LogP contribution in [0.5, 0.6) is 0 Å². The van der Waals surface area contributed by atoms with Crippen LogP contribution >= 0.6 is 0 Å². The summed E-state index contributed by atoms with van der Waals surface area (Å²) >= 11 is 0. The van der Waals surface area contributed by atoms with E-state index in [1.165, 1.54) is 5.56 Å². The number of rotatable bonds is 3. The molecule has 5 nitrogen and oxygen atoms in total. The Bertz CT molecular complexity index is 1000. The molecule has 2 fully saturated rings. The van der Waals surface area contributed by atoms with E-state index < -0.39 is 11.5 Å². The average molecular weight is 404 g/mol. The lowest BCUT2D eigenvalue weighted by Crippen LogP contribution is -2.55. The van der Waals surface area contributed by atoms with Gasteiger partial charge in [-0.2, -0.15) is 0 Å². The fourth-order valence-electron chi connectivity index (χ4n) is 5.85. The Kier molecular flexibility index (Phi) is 4.47. The number of carbonyl (C=O) groups is 2. The molecule has 3 heterocycles. The lowest BCUT2D eigenvalue weighted by molar-refractivity contribution is -0.136. The molecule has 1 N–H and O–H groups in total. The number of benzene rings is 2. The molecule has 0 saturated carbocycles. The molecule has 3 atom stereocenters. The van der Waals surface area contributed by atoms with Gasteiger partial charge in [0.2, 0.25) is 5.91 Å². The monoisotopic (exact) mass is 403 g/mol. The smallest absolute Gasteiger partial charge is 0.252 e. The average Bonchev–Trinajstić information content (AvgIpc) is 3.39. The standard InChI is InChI=1S/C25H29N3O2/c1-16(2)17-10-12-18(13-11-17)26-23(29)21-15-19-7-6-14-28(19)25(21)20-8-4-5-9-22(20)27(3)24(25)30/h4-5,8-13,16,19,21H,6-7,14-15H2,1-3H3,(H,26,29). The zero-order chi connectivity index (χ0) is 21.0. The molecule has 5 rings (SSSR count). The minimum absolute atomic E-state index is 0.0309. The van der Waals surface area contributed by atoms with Crippen LogP contribution in [0.2, 0.25) is 0 Å². The summed E-state index contributed by atoms with van der Waals surface area (Å²) < 4.78 is 0.